The summed E-state index contributed by atoms with van der Waals surface area (Å²) in [6.07, 6.45) is 2.75. The lowest BCUT2D eigenvalue weighted by Gasteiger charge is -2.35. The van der Waals surface area contributed by atoms with E-state index in [4.69, 9.17) is 10.00 Å². The molecule has 0 aliphatic heterocycles. The van der Waals surface area contributed by atoms with E-state index in [0.717, 1.165) is 6.08 Å². The van der Waals surface area contributed by atoms with Gasteiger partial charge >= 0.3 is 0 Å². The first-order valence-electron chi connectivity index (χ1n) is 7.57. The first-order chi connectivity index (χ1) is 11.8. The fourth-order valence-corrected chi connectivity index (χ4v) is 2.93. The molecule has 1 atom stereocenters. The molecule has 0 bridgehead atoms. The van der Waals surface area contributed by atoms with Gasteiger partial charge in [-0.15, -0.1) is 0 Å². The normalized spacial score (nSPS) is 17.2. The van der Waals surface area contributed by atoms with Crippen LogP contribution < -0.4 is 9.64 Å². The SMILES string of the molecule is CC(C)(Oc1ccc(Br)cc1N(C=O)CC#N)C1C=C(F)C=C(F)C1. The number of carbonyl (C=O) groups excluding carboxylic acids is 1. The zero-order valence-corrected chi connectivity index (χ0v) is 15.4. The maximum absolute atomic E-state index is 13.6. The van der Waals surface area contributed by atoms with Crippen LogP contribution in [-0.2, 0) is 4.79 Å². The van der Waals surface area contributed by atoms with Crippen LogP contribution in [-0.4, -0.2) is 18.6 Å². The lowest BCUT2D eigenvalue weighted by atomic mass is 9.84. The molecule has 132 valence electrons. The van der Waals surface area contributed by atoms with E-state index in [1.54, 1.807) is 32.0 Å². The highest BCUT2D eigenvalue weighted by molar-refractivity contribution is 9.10. The third-order valence-corrected chi connectivity index (χ3v) is 4.43. The number of ether oxygens (including phenoxy) is 1. The number of anilines is 1. The molecule has 1 aromatic rings. The van der Waals surface area contributed by atoms with Gasteiger partial charge in [0.1, 0.15) is 29.5 Å². The fourth-order valence-electron chi connectivity index (χ4n) is 2.58. The quantitative estimate of drug-likeness (QED) is 0.498. The van der Waals surface area contributed by atoms with Gasteiger partial charge in [-0.05, 0) is 38.1 Å². The second-order valence-electron chi connectivity index (χ2n) is 6.16. The number of hydrogen-bond acceptors (Lipinski definition) is 3. The van der Waals surface area contributed by atoms with Crippen molar-refractivity contribution in [3.8, 4) is 11.8 Å². The van der Waals surface area contributed by atoms with Gasteiger partial charge in [0.05, 0.1) is 11.8 Å². The monoisotopic (exact) mass is 410 g/mol. The zero-order valence-electron chi connectivity index (χ0n) is 13.8. The summed E-state index contributed by atoms with van der Waals surface area (Å²) in [5, 5.41) is 8.88. The molecule has 1 amide bonds. The Kier molecular flexibility index (Phi) is 5.96. The third-order valence-electron chi connectivity index (χ3n) is 3.93. The molecule has 0 heterocycles. The van der Waals surface area contributed by atoms with E-state index in [2.05, 4.69) is 15.9 Å². The van der Waals surface area contributed by atoms with E-state index in [9.17, 15) is 13.6 Å². The largest absolute Gasteiger partial charge is 0.485 e. The lowest BCUT2D eigenvalue weighted by Crippen LogP contribution is -2.38. The number of halogens is 3. The van der Waals surface area contributed by atoms with Gasteiger partial charge < -0.3 is 4.74 Å². The Morgan fingerprint density at radius 1 is 1.48 bits per heavy atom. The molecule has 0 spiro atoms. The molecular weight excluding hydrogens is 394 g/mol. The smallest absolute Gasteiger partial charge is 0.215 e. The van der Waals surface area contributed by atoms with E-state index >= 15 is 0 Å². The maximum Gasteiger partial charge on any atom is 0.215 e. The summed E-state index contributed by atoms with van der Waals surface area (Å²) < 4.78 is 33.9. The van der Waals surface area contributed by atoms with Gasteiger partial charge in [-0.25, -0.2) is 8.78 Å². The minimum Gasteiger partial charge on any atom is -0.485 e. The number of rotatable bonds is 6. The summed E-state index contributed by atoms with van der Waals surface area (Å²) in [4.78, 5) is 12.5. The molecule has 1 unspecified atom stereocenters. The number of benzene rings is 1. The van der Waals surface area contributed by atoms with Crippen molar-refractivity contribution in [3.63, 3.8) is 0 Å². The van der Waals surface area contributed by atoms with E-state index in [-0.39, 0.29) is 13.0 Å². The van der Waals surface area contributed by atoms with Crippen molar-refractivity contribution in [3.05, 3.63) is 46.5 Å². The zero-order chi connectivity index (χ0) is 18.6. The molecule has 4 nitrogen and oxygen atoms in total. The van der Waals surface area contributed by atoms with Crippen molar-refractivity contribution >= 4 is 28.0 Å². The fraction of sp³-hybridized carbons (Fsp3) is 0.333. The third kappa shape index (κ3) is 4.67. The highest BCUT2D eigenvalue weighted by Crippen LogP contribution is 2.39. The lowest BCUT2D eigenvalue weighted by molar-refractivity contribution is -0.107. The van der Waals surface area contributed by atoms with Gasteiger partial charge in [-0.1, -0.05) is 15.9 Å². The highest BCUT2D eigenvalue weighted by Gasteiger charge is 2.34. The van der Waals surface area contributed by atoms with E-state index < -0.39 is 23.2 Å². The standard InChI is InChI=1S/C18H17BrF2N2O2/c1-18(2,12-7-14(20)10-15(21)8-12)25-17-4-3-13(19)9-16(17)23(11-24)6-5-22/h3-4,7,9-12H,6,8H2,1-2H3. The number of allylic oxidation sites excluding steroid dienone is 3. The topological polar surface area (TPSA) is 53.3 Å². The number of hydrogen-bond donors (Lipinski definition) is 0. The van der Waals surface area contributed by atoms with Crippen LogP contribution in [0.2, 0.25) is 0 Å². The summed E-state index contributed by atoms with van der Waals surface area (Å²) in [7, 11) is 0. The molecule has 2 rings (SSSR count). The van der Waals surface area contributed by atoms with E-state index in [1.165, 1.54) is 11.0 Å². The van der Waals surface area contributed by atoms with Crippen molar-refractivity contribution in [1.82, 2.24) is 0 Å². The predicted molar refractivity (Wildman–Crippen MR) is 94.4 cm³/mol. The van der Waals surface area contributed by atoms with Crippen LogP contribution in [0.25, 0.3) is 0 Å². The number of nitriles is 1. The van der Waals surface area contributed by atoms with Crippen molar-refractivity contribution < 1.29 is 18.3 Å². The van der Waals surface area contributed by atoms with Crippen molar-refractivity contribution in [2.45, 2.75) is 25.9 Å². The van der Waals surface area contributed by atoms with Crippen LogP contribution in [0.5, 0.6) is 5.75 Å². The Morgan fingerprint density at radius 3 is 2.80 bits per heavy atom. The van der Waals surface area contributed by atoms with Crippen LogP contribution in [0.1, 0.15) is 20.3 Å². The van der Waals surface area contributed by atoms with Crippen LogP contribution in [0.3, 0.4) is 0 Å². The molecule has 7 heteroatoms. The molecule has 0 radical (unpaired) electrons. The average molecular weight is 411 g/mol. The van der Waals surface area contributed by atoms with Gasteiger partial charge in [-0.3, -0.25) is 9.69 Å². The maximum atomic E-state index is 13.6. The summed E-state index contributed by atoms with van der Waals surface area (Å²) in [5.41, 5.74) is -0.539. The first-order valence-corrected chi connectivity index (χ1v) is 8.37. The molecule has 0 fully saturated rings. The minimum atomic E-state index is -0.938. The van der Waals surface area contributed by atoms with Crippen LogP contribution >= 0.6 is 15.9 Å². The highest BCUT2D eigenvalue weighted by atomic mass is 79.9. The van der Waals surface area contributed by atoms with Gasteiger partial charge in [0.25, 0.3) is 0 Å². The van der Waals surface area contributed by atoms with Crippen molar-refractivity contribution in [2.75, 3.05) is 11.4 Å². The molecule has 1 aromatic carbocycles. The van der Waals surface area contributed by atoms with Gasteiger partial charge in [0, 0.05) is 22.9 Å². The average Bonchev–Trinajstić information content (AvgIpc) is 2.53. The Bertz CT molecular complexity index is 769. The van der Waals surface area contributed by atoms with E-state index in [0.29, 0.717) is 22.3 Å². The summed E-state index contributed by atoms with van der Waals surface area (Å²) >= 11 is 3.32. The Balaban J connectivity index is 2.34. The number of amides is 1. The Hall–Kier alpha value is -2.20. The van der Waals surface area contributed by atoms with Gasteiger partial charge in [-0.2, -0.15) is 5.26 Å². The first kappa shape index (κ1) is 19.1. The van der Waals surface area contributed by atoms with Crippen molar-refractivity contribution in [2.24, 2.45) is 5.92 Å². The molecule has 0 saturated heterocycles. The van der Waals surface area contributed by atoms with E-state index in [1.807, 2.05) is 6.07 Å². The summed E-state index contributed by atoms with van der Waals surface area (Å²) in [6.45, 7) is 3.30. The second kappa shape index (κ2) is 7.79. The number of nitrogens with zero attached hydrogens (tertiary/aromatic N) is 2. The summed E-state index contributed by atoms with van der Waals surface area (Å²) in [5.74, 6) is -1.36. The molecule has 0 aromatic heterocycles. The molecule has 0 saturated carbocycles. The van der Waals surface area contributed by atoms with Crippen LogP contribution in [0, 0.1) is 17.2 Å². The molecular formula is C18H17BrF2N2O2. The summed E-state index contributed by atoms with van der Waals surface area (Å²) in [6, 6.07) is 6.92. The molecule has 1 aliphatic carbocycles. The van der Waals surface area contributed by atoms with Crippen LogP contribution in [0.15, 0.2) is 46.5 Å². The van der Waals surface area contributed by atoms with Crippen molar-refractivity contribution in [1.29, 1.82) is 5.26 Å². The van der Waals surface area contributed by atoms with Gasteiger partial charge in [0.15, 0.2) is 0 Å². The minimum absolute atomic E-state index is 0.0296. The van der Waals surface area contributed by atoms with Crippen LogP contribution in [0.4, 0.5) is 14.5 Å². The predicted octanol–water partition coefficient (Wildman–Crippen LogP) is 4.82. The Morgan fingerprint density at radius 2 is 2.20 bits per heavy atom. The number of carbonyl (C=O) groups is 1. The second-order valence-corrected chi connectivity index (χ2v) is 7.08. The molecule has 1 aliphatic rings. The molecule has 25 heavy (non-hydrogen) atoms. The van der Waals surface area contributed by atoms with Gasteiger partial charge in [0.2, 0.25) is 6.41 Å². The molecule has 0 N–H and O–H groups in total. The Labute approximate surface area is 153 Å².